The Bertz CT molecular complexity index is 220. The van der Waals surface area contributed by atoms with Crippen molar-refractivity contribution in [1.82, 2.24) is 4.90 Å². The summed E-state index contributed by atoms with van der Waals surface area (Å²) in [4.78, 5) is 12.2. The van der Waals surface area contributed by atoms with E-state index in [4.69, 9.17) is 4.74 Å². The van der Waals surface area contributed by atoms with Gasteiger partial charge in [-0.15, -0.1) is 6.58 Å². The lowest BCUT2D eigenvalue weighted by Crippen LogP contribution is -2.22. The van der Waals surface area contributed by atoms with Crippen LogP contribution in [0.25, 0.3) is 0 Å². The third-order valence-electron chi connectivity index (χ3n) is 2.85. The first-order chi connectivity index (χ1) is 7.76. The molecule has 0 radical (unpaired) electrons. The predicted octanol–water partition coefficient (Wildman–Crippen LogP) is 0.951. The SMILES string of the molecule is C=CC(O)CCCCOC1CCN(C=O)C1. The molecular weight excluding hydrogens is 206 g/mol. The van der Waals surface area contributed by atoms with Crippen LogP contribution in [0.5, 0.6) is 0 Å². The van der Waals surface area contributed by atoms with Gasteiger partial charge in [-0.1, -0.05) is 6.08 Å². The number of amides is 1. The quantitative estimate of drug-likeness (QED) is 0.381. The monoisotopic (exact) mass is 227 g/mol. The highest BCUT2D eigenvalue weighted by atomic mass is 16.5. The molecular formula is C12H21NO3. The van der Waals surface area contributed by atoms with Crippen LogP contribution in [0.3, 0.4) is 0 Å². The van der Waals surface area contributed by atoms with E-state index in [1.54, 1.807) is 11.0 Å². The van der Waals surface area contributed by atoms with Crippen LogP contribution in [0.15, 0.2) is 12.7 Å². The topological polar surface area (TPSA) is 49.8 Å². The molecule has 1 rings (SSSR count). The number of aliphatic hydroxyl groups is 1. The van der Waals surface area contributed by atoms with Crippen LogP contribution in [0.2, 0.25) is 0 Å². The fourth-order valence-electron chi connectivity index (χ4n) is 1.81. The number of rotatable bonds is 8. The van der Waals surface area contributed by atoms with Gasteiger partial charge in [0.15, 0.2) is 0 Å². The molecule has 0 saturated carbocycles. The van der Waals surface area contributed by atoms with Crippen LogP contribution >= 0.6 is 0 Å². The van der Waals surface area contributed by atoms with Gasteiger partial charge in [0.2, 0.25) is 6.41 Å². The number of likely N-dealkylation sites (tertiary alicyclic amines) is 1. The molecule has 0 aliphatic carbocycles. The second-order valence-corrected chi connectivity index (χ2v) is 4.18. The minimum atomic E-state index is -0.392. The zero-order valence-electron chi connectivity index (χ0n) is 9.68. The fraction of sp³-hybridized carbons (Fsp3) is 0.750. The molecule has 2 unspecified atom stereocenters. The molecule has 1 heterocycles. The molecule has 92 valence electrons. The summed E-state index contributed by atoms with van der Waals surface area (Å²) in [6.07, 6.45) is 5.82. The third-order valence-corrected chi connectivity index (χ3v) is 2.85. The Morgan fingerprint density at radius 3 is 3.00 bits per heavy atom. The minimum absolute atomic E-state index is 0.203. The van der Waals surface area contributed by atoms with Gasteiger partial charge in [-0.2, -0.15) is 0 Å². The Hall–Kier alpha value is -0.870. The molecule has 16 heavy (non-hydrogen) atoms. The van der Waals surface area contributed by atoms with Gasteiger partial charge in [0, 0.05) is 19.7 Å². The zero-order chi connectivity index (χ0) is 11.8. The smallest absolute Gasteiger partial charge is 0.209 e. The molecule has 0 bridgehead atoms. The van der Waals surface area contributed by atoms with Gasteiger partial charge in [-0.25, -0.2) is 0 Å². The van der Waals surface area contributed by atoms with Crippen molar-refractivity contribution >= 4 is 6.41 Å². The highest BCUT2D eigenvalue weighted by Crippen LogP contribution is 2.11. The largest absolute Gasteiger partial charge is 0.389 e. The van der Waals surface area contributed by atoms with Crippen molar-refractivity contribution in [3.05, 3.63) is 12.7 Å². The Labute approximate surface area is 96.9 Å². The molecule has 1 saturated heterocycles. The number of nitrogens with zero attached hydrogens (tertiary/aromatic N) is 1. The first-order valence-corrected chi connectivity index (χ1v) is 5.88. The van der Waals surface area contributed by atoms with Crippen LogP contribution in [0, 0.1) is 0 Å². The van der Waals surface area contributed by atoms with Gasteiger partial charge in [0.05, 0.1) is 12.2 Å². The van der Waals surface area contributed by atoms with E-state index >= 15 is 0 Å². The van der Waals surface area contributed by atoms with E-state index in [0.717, 1.165) is 45.2 Å². The molecule has 4 heteroatoms. The molecule has 2 atom stereocenters. The summed E-state index contributed by atoms with van der Waals surface area (Å²) in [5, 5.41) is 9.23. The molecule has 1 fully saturated rings. The van der Waals surface area contributed by atoms with Crippen molar-refractivity contribution in [2.24, 2.45) is 0 Å². The van der Waals surface area contributed by atoms with E-state index in [2.05, 4.69) is 6.58 Å². The molecule has 0 aromatic heterocycles. The van der Waals surface area contributed by atoms with Gasteiger partial charge < -0.3 is 14.7 Å². The average Bonchev–Trinajstić information content (AvgIpc) is 2.76. The number of aliphatic hydroxyl groups excluding tert-OH is 1. The fourth-order valence-corrected chi connectivity index (χ4v) is 1.81. The average molecular weight is 227 g/mol. The maximum absolute atomic E-state index is 10.5. The Morgan fingerprint density at radius 1 is 1.56 bits per heavy atom. The van der Waals surface area contributed by atoms with Gasteiger partial charge in [0.25, 0.3) is 0 Å². The molecule has 1 aliphatic rings. The molecule has 1 amide bonds. The van der Waals surface area contributed by atoms with Crippen LogP contribution in [0.1, 0.15) is 25.7 Å². The van der Waals surface area contributed by atoms with Crippen molar-refractivity contribution in [2.45, 2.75) is 37.9 Å². The summed E-state index contributed by atoms with van der Waals surface area (Å²) in [5.74, 6) is 0. The first-order valence-electron chi connectivity index (χ1n) is 5.88. The van der Waals surface area contributed by atoms with Crippen molar-refractivity contribution in [1.29, 1.82) is 0 Å². The van der Waals surface area contributed by atoms with Crippen LogP contribution in [-0.4, -0.2) is 48.3 Å². The van der Waals surface area contributed by atoms with Gasteiger partial charge in [-0.05, 0) is 25.7 Å². The van der Waals surface area contributed by atoms with Crippen LogP contribution in [-0.2, 0) is 9.53 Å². The summed E-state index contributed by atoms with van der Waals surface area (Å²) in [6, 6.07) is 0. The summed E-state index contributed by atoms with van der Waals surface area (Å²) < 4.78 is 5.64. The van der Waals surface area contributed by atoms with Gasteiger partial charge >= 0.3 is 0 Å². The minimum Gasteiger partial charge on any atom is -0.389 e. The Morgan fingerprint density at radius 2 is 2.38 bits per heavy atom. The van der Waals surface area contributed by atoms with E-state index < -0.39 is 6.10 Å². The van der Waals surface area contributed by atoms with E-state index in [9.17, 15) is 9.90 Å². The van der Waals surface area contributed by atoms with Crippen molar-refractivity contribution in [2.75, 3.05) is 19.7 Å². The highest BCUT2D eigenvalue weighted by Gasteiger charge is 2.21. The summed E-state index contributed by atoms with van der Waals surface area (Å²) >= 11 is 0. The molecule has 0 aromatic rings. The molecule has 0 spiro atoms. The Balaban J connectivity index is 1.95. The lowest BCUT2D eigenvalue weighted by atomic mass is 10.1. The van der Waals surface area contributed by atoms with Crippen LogP contribution in [0.4, 0.5) is 0 Å². The van der Waals surface area contributed by atoms with Crippen molar-refractivity contribution in [3.63, 3.8) is 0 Å². The van der Waals surface area contributed by atoms with Crippen molar-refractivity contribution in [3.8, 4) is 0 Å². The molecule has 4 nitrogen and oxygen atoms in total. The first kappa shape index (κ1) is 13.2. The van der Waals surface area contributed by atoms with E-state index in [1.807, 2.05) is 0 Å². The summed E-state index contributed by atoms with van der Waals surface area (Å²) in [7, 11) is 0. The van der Waals surface area contributed by atoms with Gasteiger partial charge in [-0.3, -0.25) is 4.79 Å². The number of carbonyl (C=O) groups excluding carboxylic acids is 1. The lowest BCUT2D eigenvalue weighted by Gasteiger charge is -2.12. The van der Waals surface area contributed by atoms with Crippen LogP contribution < -0.4 is 0 Å². The number of unbranched alkanes of at least 4 members (excludes halogenated alkanes) is 1. The van der Waals surface area contributed by atoms with E-state index in [1.165, 1.54) is 0 Å². The second-order valence-electron chi connectivity index (χ2n) is 4.18. The Kier molecular flexibility index (Phi) is 6.11. The van der Waals surface area contributed by atoms with E-state index in [-0.39, 0.29) is 6.10 Å². The summed E-state index contributed by atoms with van der Waals surface area (Å²) in [5.41, 5.74) is 0. The second kappa shape index (κ2) is 7.41. The maximum Gasteiger partial charge on any atom is 0.209 e. The summed E-state index contributed by atoms with van der Waals surface area (Å²) in [6.45, 7) is 5.76. The number of hydrogen-bond acceptors (Lipinski definition) is 3. The lowest BCUT2D eigenvalue weighted by molar-refractivity contribution is -0.117. The predicted molar refractivity (Wildman–Crippen MR) is 62.0 cm³/mol. The normalized spacial score (nSPS) is 22.1. The van der Waals surface area contributed by atoms with Crippen molar-refractivity contribution < 1.29 is 14.6 Å². The number of hydrogen-bond donors (Lipinski definition) is 1. The number of carbonyl (C=O) groups is 1. The molecule has 1 aliphatic heterocycles. The zero-order valence-corrected chi connectivity index (χ0v) is 9.68. The third kappa shape index (κ3) is 4.77. The standard InChI is InChI=1S/C12H21NO3/c1-2-11(15)5-3-4-8-16-12-6-7-13(9-12)10-14/h2,10-12,15H,1,3-9H2. The number of ether oxygens (including phenoxy) is 1. The highest BCUT2D eigenvalue weighted by molar-refractivity contribution is 5.47. The van der Waals surface area contributed by atoms with Gasteiger partial charge in [0.1, 0.15) is 0 Å². The molecule has 1 N–H and O–H groups in total. The molecule has 0 aromatic carbocycles. The van der Waals surface area contributed by atoms with E-state index in [0.29, 0.717) is 6.61 Å². The maximum atomic E-state index is 10.5.